The van der Waals surface area contributed by atoms with Crippen LogP contribution in [0.5, 0.6) is 0 Å². The molecule has 2 heterocycles. The van der Waals surface area contributed by atoms with Gasteiger partial charge in [0.2, 0.25) is 5.91 Å². The van der Waals surface area contributed by atoms with E-state index >= 15 is 0 Å². The van der Waals surface area contributed by atoms with Crippen molar-refractivity contribution in [1.29, 1.82) is 0 Å². The molecule has 1 amide bonds. The molecule has 4 rings (SSSR count). The van der Waals surface area contributed by atoms with Gasteiger partial charge >= 0.3 is 0 Å². The third-order valence-corrected chi connectivity index (χ3v) is 5.96. The highest BCUT2D eigenvalue weighted by Gasteiger charge is 2.23. The highest BCUT2D eigenvalue weighted by Crippen LogP contribution is 2.35. The Morgan fingerprint density at radius 1 is 1.41 bits per heavy atom. The number of amides is 1. The summed E-state index contributed by atoms with van der Waals surface area (Å²) in [6, 6.07) is 2.80. The van der Waals surface area contributed by atoms with Crippen LogP contribution in [-0.2, 0) is 24.2 Å². The second kappa shape index (κ2) is 6.84. The van der Waals surface area contributed by atoms with Crippen molar-refractivity contribution < 1.29 is 13.6 Å². The number of fused-ring (bicyclic) bond motifs is 3. The topological polar surface area (TPSA) is 64.0 Å². The molecular weight excluding hydrogens is 372 g/mol. The summed E-state index contributed by atoms with van der Waals surface area (Å²) in [4.78, 5) is 31.3. The number of aryl methyl sites for hydroxylation is 1. The minimum absolute atomic E-state index is 0.260. The van der Waals surface area contributed by atoms with Crippen molar-refractivity contribution in [3.8, 4) is 0 Å². The van der Waals surface area contributed by atoms with E-state index in [-0.39, 0.29) is 17.8 Å². The van der Waals surface area contributed by atoms with Crippen molar-refractivity contribution in [2.24, 2.45) is 5.92 Å². The largest absolute Gasteiger partial charge is 0.322 e. The monoisotopic (exact) mass is 389 g/mol. The van der Waals surface area contributed by atoms with Crippen molar-refractivity contribution in [2.45, 2.75) is 32.7 Å². The lowest BCUT2D eigenvalue weighted by molar-refractivity contribution is -0.116. The fourth-order valence-corrected chi connectivity index (χ4v) is 4.76. The number of hydrogen-bond acceptors (Lipinski definition) is 4. The lowest BCUT2D eigenvalue weighted by Gasteiger charge is -2.17. The summed E-state index contributed by atoms with van der Waals surface area (Å²) in [5.74, 6) is -1.45. The zero-order chi connectivity index (χ0) is 19.1. The van der Waals surface area contributed by atoms with Gasteiger partial charge in [0.15, 0.2) is 0 Å². The summed E-state index contributed by atoms with van der Waals surface area (Å²) in [7, 11) is 0. The van der Waals surface area contributed by atoms with Crippen LogP contribution in [0, 0.1) is 17.6 Å². The van der Waals surface area contributed by atoms with Gasteiger partial charge in [0.25, 0.3) is 5.56 Å². The molecule has 1 atom stereocenters. The number of thiophene rings is 1. The normalized spacial score (nSPS) is 16.3. The Morgan fingerprint density at radius 3 is 3.04 bits per heavy atom. The Kier molecular flexibility index (Phi) is 4.51. The summed E-state index contributed by atoms with van der Waals surface area (Å²) in [6.45, 7) is 1.87. The van der Waals surface area contributed by atoms with Gasteiger partial charge in [-0.25, -0.2) is 13.8 Å². The number of benzene rings is 1. The molecule has 1 aliphatic rings. The minimum Gasteiger partial charge on any atom is -0.322 e. The van der Waals surface area contributed by atoms with Crippen LogP contribution in [0.25, 0.3) is 10.2 Å². The first-order chi connectivity index (χ1) is 12.9. The molecule has 0 aliphatic heterocycles. The third kappa shape index (κ3) is 3.37. The second-order valence-corrected chi connectivity index (χ2v) is 7.97. The maximum atomic E-state index is 13.7. The summed E-state index contributed by atoms with van der Waals surface area (Å²) in [5.41, 5.74) is 0.502. The van der Waals surface area contributed by atoms with E-state index in [0.29, 0.717) is 16.1 Å². The molecule has 8 heteroatoms. The Bertz CT molecular complexity index is 1110. The Hall–Kier alpha value is -2.61. The molecule has 0 saturated carbocycles. The maximum Gasteiger partial charge on any atom is 0.262 e. The first-order valence-corrected chi connectivity index (χ1v) is 9.48. The van der Waals surface area contributed by atoms with Crippen LogP contribution in [0.2, 0.25) is 0 Å². The van der Waals surface area contributed by atoms with Gasteiger partial charge in [-0.1, -0.05) is 6.92 Å². The van der Waals surface area contributed by atoms with Crippen molar-refractivity contribution >= 4 is 33.1 Å². The highest BCUT2D eigenvalue weighted by molar-refractivity contribution is 7.18. The summed E-state index contributed by atoms with van der Waals surface area (Å²) in [6.07, 6.45) is 4.12. The fraction of sp³-hybridized carbons (Fsp3) is 0.316. The van der Waals surface area contributed by atoms with Crippen LogP contribution in [0.1, 0.15) is 23.8 Å². The number of anilines is 1. The van der Waals surface area contributed by atoms with Gasteiger partial charge in [-0.15, -0.1) is 11.3 Å². The van der Waals surface area contributed by atoms with Gasteiger partial charge in [-0.05, 0) is 42.9 Å². The van der Waals surface area contributed by atoms with E-state index in [0.717, 1.165) is 43.0 Å². The van der Waals surface area contributed by atoms with Gasteiger partial charge in [-0.2, -0.15) is 0 Å². The number of rotatable bonds is 3. The Labute approximate surface area is 157 Å². The number of hydrogen-bond donors (Lipinski definition) is 1. The average molecular weight is 389 g/mol. The van der Waals surface area contributed by atoms with Crippen molar-refractivity contribution in [3.63, 3.8) is 0 Å². The predicted octanol–water partition coefficient (Wildman–Crippen LogP) is 3.50. The molecule has 2 aromatic heterocycles. The van der Waals surface area contributed by atoms with Gasteiger partial charge < -0.3 is 5.32 Å². The molecule has 0 spiro atoms. The van der Waals surface area contributed by atoms with Gasteiger partial charge in [0.1, 0.15) is 23.0 Å². The SMILES string of the molecule is C[C@H]1CCc2c(sc3ncn(CC(=O)Nc4cc(F)ccc4F)c(=O)c23)C1. The van der Waals surface area contributed by atoms with E-state index in [9.17, 15) is 18.4 Å². The molecule has 0 unspecified atom stereocenters. The first-order valence-electron chi connectivity index (χ1n) is 8.67. The average Bonchev–Trinajstić information content (AvgIpc) is 2.98. The molecule has 3 aromatic rings. The minimum atomic E-state index is -0.744. The molecule has 140 valence electrons. The van der Waals surface area contributed by atoms with E-state index < -0.39 is 17.5 Å². The number of carbonyl (C=O) groups is 1. The van der Waals surface area contributed by atoms with Crippen LogP contribution < -0.4 is 10.9 Å². The molecule has 27 heavy (non-hydrogen) atoms. The number of nitrogens with one attached hydrogen (secondary N) is 1. The van der Waals surface area contributed by atoms with E-state index in [1.165, 1.54) is 27.1 Å². The zero-order valence-electron chi connectivity index (χ0n) is 14.6. The molecule has 1 aliphatic carbocycles. The molecule has 5 nitrogen and oxygen atoms in total. The zero-order valence-corrected chi connectivity index (χ0v) is 15.4. The maximum absolute atomic E-state index is 13.7. The standard InChI is InChI=1S/C19H17F2N3O2S/c1-10-2-4-12-15(6-10)27-18-17(12)19(26)24(9-22-18)8-16(25)23-14-7-11(20)3-5-13(14)21/h3,5,7,9-10H,2,4,6,8H2,1H3,(H,23,25)/t10-/m0/s1. The number of carbonyl (C=O) groups excluding carboxylic acids is 1. The molecule has 1 aromatic carbocycles. The van der Waals surface area contributed by atoms with E-state index in [4.69, 9.17) is 0 Å². The van der Waals surface area contributed by atoms with E-state index in [1.807, 2.05) is 0 Å². The van der Waals surface area contributed by atoms with E-state index in [1.54, 1.807) is 0 Å². The van der Waals surface area contributed by atoms with Crippen LogP contribution in [0.15, 0.2) is 29.3 Å². The Balaban J connectivity index is 1.62. The molecule has 0 fully saturated rings. The van der Waals surface area contributed by atoms with Gasteiger partial charge in [0.05, 0.1) is 17.4 Å². The molecule has 0 saturated heterocycles. The predicted molar refractivity (Wildman–Crippen MR) is 100 cm³/mol. The third-order valence-electron chi connectivity index (χ3n) is 4.80. The van der Waals surface area contributed by atoms with Gasteiger partial charge in [0, 0.05) is 10.9 Å². The Morgan fingerprint density at radius 2 is 2.22 bits per heavy atom. The quantitative estimate of drug-likeness (QED) is 0.746. The first kappa shape index (κ1) is 17.8. The summed E-state index contributed by atoms with van der Waals surface area (Å²) >= 11 is 1.54. The van der Waals surface area contributed by atoms with E-state index in [2.05, 4.69) is 17.2 Å². The van der Waals surface area contributed by atoms with Crippen LogP contribution >= 0.6 is 11.3 Å². The van der Waals surface area contributed by atoms with Gasteiger partial charge in [-0.3, -0.25) is 14.2 Å². The van der Waals surface area contributed by atoms with Crippen LogP contribution in [0.3, 0.4) is 0 Å². The number of aromatic nitrogens is 2. The van der Waals surface area contributed by atoms with Crippen molar-refractivity contribution in [1.82, 2.24) is 9.55 Å². The molecule has 0 bridgehead atoms. The second-order valence-electron chi connectivity index (χ2n) is 6.88. The molecule has 1 N–H and O–H groups in total. The molecule has 0 radical (unpaired) electrons. The highest BCUT2D eigenvalue weighted by atomic mass is 32.1. The smallest absolute Gasteiger partial charge is 0.262 e. The number of halogens is 2. The lowest BCUT2D eigenvalue weighted by Crippen LogP contribution is -2.28. The van der Waals surface area contributed by atoms with Crippen molar-refractivity contribution in [2.75, 3.05) is 5.32 Å². The fourth-order valence-electron chi connectivity index (χ4n) is 3.42. The molecular formula is C19H17F2N3O2S. The van der Waals surface area contributed by atoms with Crippen LogP contribution in [0.4, 0.5) is 14.5 Å². The summed E-state index contributed by atoms with van der Waals surface area (Å²) in [5, 5.41) is 2.88. The lowest BCUT2D eigenvalue weighted by atomic mass is 9.89. The van der Waals surface area contributed by atoms with Crippen LogP contribution in [-0.4, -0.2) is 15.5 Å². The van der Waals surface area contributed by atoms with Crippen molar-refractivity contribution in [3.05, 3.63) is 57.0 Å². The number of nitrogens with zero attached hydrogens (tertiary/aromatic N) is 2. The summed E-state index contributed by atoms with van der Waals surface area (Å²) < 4.78 is 28.1.